The average molecular weight is 300 g/mol. The van der Waals surface area contributed by atoms with Gasteiger partial charge in [-0.15, -0.1) is 0 Å². The van der Waals surface area contributed by atoms with E-state index in [9.17, 15) is 13.2 Å². The Hall–Kier alpha value is -1.23. The molecule has 0 amide bonds. The van der Waals surface area contributed by atoms with Crippen LogP contribution in [0.1, 0.15) is 43.7 Å². The molecule has 118 valence electrons. The highest BCUT2D eigenvalue weighted by Crippen LogP contribution is 2.39. The van der Waals surface area contributed by atoms with Crippen LogP contribution in [0.3, 0.4) is 0 Å². The normalized spacial score (nSPS) is 16.4. The van der Waals surface area contributed by atoms with Gasteiger partial charge in [-0.3, -0.25) is 0 Å². The Bertz CT molecular complexity index is 465. The molecule has 5 heteroatoms. The van der Waals surface area contributed by atoms with Gasteiger partial charge in [0.1, 0.15) is 0 Å². The van der Waals surface area contributed by atoms with Crippen molar-refractivity contribution < 1.29 is 13.2 Å². The fraction of sp³-hybridized carbons (Fsp3) is 0.625. The van der Waals surface area contributed by atoms with E-state index in [4.69, 9.17) is 0 Å². The van der Waals surface area contributed by atoms with Gasteiger partial charge in [0.15, 0.2) is 0 Å². The molecular formula is C16H23F3N2. The predicted octanol–water partition coefficient (Wildman–Crippen LogP) is 4.19. The smallest absolute Gasteiger partial charge is 0.371 e. The van der Waals surface area contributed by atoms with Gasteiger partial charge in [-0.1, -0.05) is 25.8 Å². The molecule has 0 saturated heterocycles. The van der Waals surface area contributed by atoms with E-state index in [-0.39, 0.29) is 6.04 Å². The standard InChI is InChI=1S/C16H23F3N2/c1-3-20-11-12-8-9-15(14(10-12)16(17,18)19)21(2)13-6-4-5-7-13/h8-10,13,20H,3-7,11H2,1-2H3. The first kappa shape index (κ1) is 16.1. The Morgan fingerprint density at radius 2 is 1.90 bits per heavy atom. The number of rotatable bonds is 5. The minimum absolute atomic E-state index is 0.228. The van der Waals surface area contributed by atoms with E-state index in [1.165, 1.54) is 6.07 Å². The highest BCUT2D eigenvalue weighted by atomic mass is 19.4. The number of halogens is 3. The topological polar surface area (TPSA) is 15.3 Å². The third-order valence-corrected chi connectivity index (χ3v) is 4.20. The van der Waals surface area contributed by atoms with Crippen molar-refractivity contribution in [2.45, 2.75) is 51.4 Å². The average Bonchev–Trinajstić information content (AvgIpc) is 2.97. The van der Waals surface area contributed by atoms with E-state index in [1.54, 1.807) is 19.2 Å². The number of hydrogen-bond donors (Lipinski definition) is 1. The van der Waals surface area contributed by atoms with Crippen molar-refractivity contribution in [3.63, 3.8) is 0 Å². The number of anilines is 1. The molecule has 1 fully saturated rings. The SMILES string of the molecule is CCNCc1ccc(N(C)C2CCCC2)c(C(F)(F)F)c1. The molecular weight excluding hydrogens is 277 g/mol. The van der Waals surface area contributed by atoms with Crippen LogP contribution in [0.15, 0.2) is 18.2 Å². The van der Waals surface area contributed by atoms with Crippen molar-refractivity contribution in [3.8, 4) is 0 Å². The van der Waals surface area contributed by atoms with Crippen molar-refractivity contribution in [1.29, 1.82) is 0 Å². The van der Waals surface area contributed by atoms with Crippen LogP contribution >= 0.6 is 0 Å². The third-order valence-electron chi connectivity index (χ3n) is 4.20. The Morgan fingerprint density at radius 1 is 1.24 bits per heavy atom. The Kier molecular flexibility index (Phi) is 5.14. The monoisotopic (exact) mass is 300 g/mol. The first-order chi connectivity index (χ1) is 9.93. The molecule has 0 unspecified atom stereocenters. The van der Waals surface area contributed by atoms with Crippen molar-refractivity contribution in [1.82, 2.24) is 5.32 Å². The first-order valence-corrected chi connectivity index (χ1v) is 7.57. The summed E-state index contributed by atoms with van der Waals surface area (Å²) in [5.41, 5.74) is 0.453. The van der Waals surface area contributed by atoms with E-state index < -0.39 is 11.7 Å². The van der Waals surface area contributed by atoms with Crippen molar-refractivity contribution in [3.05, 3.63) is 29.3 Å². The second kappa shape index (κ2) is 6.69. The quantitative estimate of drug-likeness (QED) is 0.877. The summed E-state index contributed by atoms with van der Waals surface area (Å²) in [5.74, 6) is 0. The highest BCUT2D eigenvalue weighted by molar-refractivity contribution is 5.56. The molecule has 1 aliphatic rings. The maximum Gasteiger partial charge on any atom is 0.418 e. The summed E-state index contributed by atoms with van der Waals surface area (Å²) >= 11 is 0. The second-order valence-corrected chi connectivity index (χ2v) is 5.68. The molecule has 0 aliphatic heterocycles. The van der Waals surface area contributed by atoms with Gasteiger partial charge >= 0.3 is 6.18 Å². The van der Waals surface area contributed by atoms with Gasteiger partial charge in [0, 0.05) is 25.3 Å². The van der Waals surface area contributed by atoms with Crippen LogP contribution in [0.25, 0.3) is 0 Å². The van der Waals surface area contributed by atoms with Crippen LogP contribution in [0.4, 0.5) is 18.9 Å². The van der Waals surface area contributed by atoms with E-state index in [0.29, 0.717) is 17.8 Å². The van der Waals surface area contributed by atoms with Gasteiger partial charge < -0.3 is 10.2 Å². The number of hydrogen-bond acceptors (Lipinski definition) is 2. The van der Waals surface area contributed by atoms with Crippen molar-refractivity contribution in [2.24, 2.45) is 0 Å². The zero-order valence-electron chi connectivity index (χ0n) is 12.6. The lowest BCUT2D eigenvalue weighted by Gasteiger charge is -2.29. The molecule has 0 bridgehead atoms. The summed E-state index contributed by atoms with van der Waals surface area (Å²) in [7, 11) is 1.78. The zero-order chi connectivity index (χ0) is 15.5. The lowest BCUT2D eigenvalue weighted by atomic mass is 10.1. The molecule has 0 atom stereocenters. The third kappa shape index (κ3) is 3.90. The Balaban J connectivity index is 2.30. The first-order valence-electron chi connectivity index (χ1n) is 7.57. The van der Waals surface area contributed by atoms with E-state index in [1.807, 2.05) is 11.8 Å². The van der Waals surface area contributed by atoms with Crippen LogP contribution < -0.4 is 10.2 Å². The molecule has 1 aliphatic carbocycles. The van der Waals surface area contributed by atoms with Crippen molar-refractivity contribution >= 4 is 5.69 Å². The highest BCUT2D eigenvalue weighted by Gasteiger charge is 2.36. The largest absolute Gasteiger partial charge is 0.418 e. The second-order valence-electron chi connectivity index (χ2n) is 5.68. The van der Waals surface area contributed by atoms with Crippen LogP contribution in [0.2, 0.25) is 0 Å². The molecule has 1 aromatic carbocycles. The molecule has 21 heavy (non-hydrogen) atoms. The van der Waals surface area contributed by atoms with Crippen LogP contribution in [0, 0.1) is 0 Å². The molecule has 0 spiro atoms. The summed E-state index contributed by atoms with van der Waals surface area (Å²) in [5, 5.41) is 3.07. The lowest BCUT2D eigenvalue weighted by molar-refractivity contribution is -0.137. The van der Waals surface area contributed by atoms with Gasteiger partial charge in [-0.25, -0.2) is 0 Å². The molecule has 1 saturated carbocycles. The van der Waals surface area contributed by atoms with E-state index >= 15 is 0 Å². The van der Waals surface area contributed by atoms with Crippen molar-refractivity contribution in [2.75, 3.05) is 18.5 Å². The van der Waals surface area contributed by atoms with Crippen LogP contribution in [-0.2, 0) is 12.7 Å². The van der Waals surface area contributed by atoms with Gasteiger partial charge in [0.05, 0.1) is 5.56 Å². The molecule has 2 rings (SSSR count). The molecule has 0 heterocycles. The number of nitrogens with one attached hydrogen (secondary N) is 1. The predicted molar refractivity (Wildman–Crippen MR) is 79.5 cm³/mol. The summed E-state index contributed by atoms with van der Waals surface area (Å²) < 4.78 is 40.1. The maximum atomic E-state index is 13.4. The summed E-state index contributed by atoms with van der Waals surface area (Å²) in [4.78, 5) is 1.81. The van der Waals surface area contributed by atoms with Gasteiger partial charge in [-0.05, 0) is 37.1 Å². The maximum absolute atomic E-state index is 13.4. The number of benzene rings is 1. The summed E-state index contributed by atoms with van der Waals surface area (Å²) in [6.07, 6.45) is -0.145. The fourth-order valence-electron chi connectivity index (χ4n) is 2.99. The van der Waals surface area contributed by atoms with E-state index in [0.717, 1.165) is 32.2 Å². The fourth-order valence-corrected chi connectivity index (χ4v) is 2.99. The minimum Gasteiger partial charge on any atom is -0.371 e. The van der Waals surface area contributed by atoms with Gasteiger partial charge in [-0.2, -0.15) is 13.2 Å². The van der Waals surface area contributed by atoms with E-state index in [2.05, 4.69) is 5.32 Å². The Morgan fingerprint density at radius 3 is 2.48 bits per heavy atom. The van der Waals surface area contributed by atoms with Crippen LogP contribution in [0.5, 0.6) is 0 Å². The summed E-state index contributed by atoms with van der Waals surface area (Å²) in [6, 6.07) is 4.92. The van der Waals surface area contributed by atoms with Crippen LogP contribution in [-0.4, -0.2) is 19.6 Å². The molecule has 2 nitrogen and oxygen atoms in total. The number of nitrogens with zero attached hydrogens (tertiary/aromatic N) is 1. The lowest BCUT2D eigenvalue weighted by Crippen LogP contribution is -2.31. The number of alkyl halides is 3. The molecule has 1 aromatic rings. The molecule has 1 N–H and O–H groups in total. The van der Waals surface area contributed by atoms with Gasteiger partial charge in [0.2, 0.25) is 0 Å². The summed E-state index contributed by atoms with van der Waals surface area (Å²) in [6.45, 7) is 3.14. The van der Waals surface area contributed by atoms with Gasteiger partial charge in [0.25, 0.3) is 0 Å². The minimum atomic E-state index is -4.32. The molecule has 0 aromatic heterocycles. The zero-order valence-corrected chi connectivity index (χ0v) is 12.6. The molecule has 0 radical (unpaired) electrons. The Labute approximate surface area is 124 Å².